The Morgan fingerprint density at radius 2 is 2.12 bits per heavy atom. The lowest BCUT2D eigenvalue weighted by Gasteiger charge is -2.22. The first kappa shape index (κ1) is 14.5. The highest BCUT2D eigenvalue weighted by atomic mass is 16.5. The third kappa shape index (κ3) is 7.34. The van der Waals surface area contributed by atoms with Gasteiger partial charge in [0.2, 0.25) is 0 Å². The standard InChI is InChI=1S/C13H25NO3/c1-11(7-8-13(15)16)14-9-10-17-12-5-3-2-4-6-12/h11-12,14H,2-10H2,1H3,(H,15,16). The van der Waals surface area contributed by atoms with Crippen molar-refractivity contribution in [3.63, 3.8) is 0 Å². The van der Waals surface area contributed by atoms with Crippen LogP contribution in [0.3, 0.4) is 0 Å². The van der Waals surface area contributed by atoms with Crippen LogP contribution in [0.25, 0.3) is 0 Å². The van der Waals surface area contributed by atoms with Gasteiger partial charge in [0.25, 0.3) is 0 Å². The molecule has 1 unspecified atom stereocenters. The molecule has 2 N–H and O–H groups in total. The first-order valence-corrected chi connectivity index (χ1v) is 6.75. The van der Waals surface area contributed by atoms with Gasteiger partial charge in [0.1, 0.15) is 0 Å². The third-order valence-electron chi connectivity index (χ3n) is 3.29. The van der Waals surface area contributed by atoms with Gasteiger partial charge in [0.15, 0.2) is 0 Å². The summed E-state index contributed by atoms with van der Waals surface area (Å²) in [7, 11) is 0. The van der Waals surface area contributed by atoms with Crippen LogP contribution in [0.15, 0.2) is 0 Å². The van der Waals surface area contributed by atoms with E-state index < -0.39 is 5.97 Å². The zero-order chi connectivity index (χ0) is 12.5. The van der Waals surface area contributed by atoms with Crippen molar-refractivity contribution < 1.29 is 14.6 Å². The molecule has 1 aliphatic carbocycles. The quantitative estimate of drug-likeness (QED) is 0.641. The Morgan fingerprint density at radius 1 is 1.41 bits per heavy atom. The fourth-order valence-electron chi connectivity index (χ4n) is 2.20. The van der Waals surface area contributed by atoms with E-state index in [1.807, 2.05) is 6.92 Å². The lowest BCUT2D eigenvalue weighted by molar-refractivity contribution is -0.137. The van der Waals surface area contributed by atoms with Crippen molar-refractivity contribution in [3.8, 4) is 0 Å². The molecule has 0 saturated heterocycles. The molecule has 0 heterocycles. The van der Waals surface area contributed by atoms with Gasteiger partial charge in [-0.15, -0.1) is 0 Å². The number of carbonyl (C=O) groups is 1. The highest BCUT2D eigenvalue weighted by Gasteiger charge is 2.13. The summed E-state index contributed by atoms with van der Waals surface area (Å²) in [4.78, 5) is 10.4. The highest BCUT2D eigenvalue weighted by molar-refractivity contribution is 5.66. The molecule has 0 aromatic rings. The zero-order valence-electron chi connectivity index (χ0n) is 10.8. The van der Waals surface area contributed by atoms with E-state index in [0.717, 1.165) is 13.2 Å². The molecular weight excluding hydrogens is 218 g/mol. The minimum absolute atomic E-state index is 0.234. The number of carboxylic acids is 1. The molecule has 100 valence electrons. The SMILES string of the molecule is CC(CCC(=O)O)NCCOC1CCCCC1. The van der Waals surface area contributed by atoms with Gasteiger partial charge in [0.05, 0.1) is 12.7 Å². The second kappa shape index (κ2) is 8.48. The largest absolute Gasteiger partial charge is 0.481 e. The number of aliphatic carboxylic acids is 1. The van der Waals surface area contributed by atoms with E-state index in [-0.39, 0.29) is 12.5 Å². The monoisotopic (exact) mass is 243 g/mol. The first-order valence-electron chi connectivity index (χ1n) is 6.75. The van der Waals surface area contributed by atoms with Crippen molar-refractivity contribution in [2.75, 3.05) is 13.2 Å². The lowest BCUT2D eigenvalue weighted by atomic mass is 9.98. The molecule has 1 saturated carbocycles. The van der Waals surface area contributed by atoms with E-state index in [9.17, 15) is 4.79 Å². The van der Waals surface area contributed by atoms with Crippen LogP contribution in [0.5, 0.6) is 0 Å². The van der Waals surface area contributed by atoms with Gasteiger partial charge in [-0.05, 0) is 26.2 Å². The molecule has 0 aromatic heterocycles. The summed E-state index contributed by atoms with van der Waals surface area (Å²) in [6, 6.07) is 0.251. The number of nitrogens with one attached hydrogen (secondary N) is 1. The molecule has 0 aliphatic heterocycles. The normalized spacial score (nSPS) is 19.1. The molecule has 0 spiro atoms. The number of hydrogen-bond acceptors (Lipinski definition) is 3. The van der Waals surface area contributed by atoms with E-state index in [2.05, 4.69) is 5.32 Å². The Balaban J connectivity index is 1.93. The Bertz CT molecular complexity index is 215. The van der Waals surface area contributed by atoms with Crippen LogP contribution in [0, 0.1) is 0 Å². The number of rotatable bonds is 8. The average molecular weight is 243 g/mol. The molecule has 0 bridgehead atoms. The molecule has 1 atom stereocenters. The van der Waals surface area contributed by atoms with Crippen LogP contribution in [-0.4, -0.2) is 36.4 Å². The van der Waals surface area contributed by atoms with Crippen LogP contribution in [-0.2, 0) is 9.53 Å². The third-order valence-corrected chi connectivity index (χ3v) is 3.29. The highest BCUT2D eigenvalue weighted by Crippen LogP contribution is 2.19. The summed E-state index contributed by atoms with van der Waals surface area (Å²) in [5, 5.41) is 11.8. The Morgan fingerprint density at radius 3 is 2.76 bits per heavy atom. The second-order valence-corrected chi connectivity index (χ2v) is 4.92. The fourth-order valence-corrected chi connectivity index (χ4v) is 2.20. The minimum Gasteiger partial charge on any atom is -0.481 e. The van der Waals surface area contributed by atoms with Crippen molar-refractivity contribution in [1.82, 2.24) is 5.32 Å². The average Bonchev–Trinajstić information content (AvgIpc) is 2.33. The first-order chi connectivity index (χ1) is 8.18. The predicted molar refractivity (Wildman–Crippen MR) is 67.2 cm³/mol. The lowest BCUT2D eigenvalue weighted by Crippen LogP contribution is -2.31. The van der Waals surface area contributed by atoms with Crippen LogP contribution in [0.4, 0.5) is 0 Å². The van der Waals surface area contributed by atoms with E-state index >= 15 is 0 Å². The molecule has 0 amide bonds. The van der Waals surface area contributed by atoms with E-state index in [4.69, 9.17) is 9.84 Å². The van der Waals surface area contributed by atoms with Crippen molar-refractivity contribution in [2.45, 2.75) is 64.0 Å². The van der Waals surface area contributed by atoms with Crippen molar-refractivity contribution in [2.24, 2.45) is 0 Å². The molecule has 17 heavy (non-hydrogen) atoms. The molecule has 4 nitrogen and oxygen atoms in total. The molecular formula is C13H25NO3. The van der Waals surface area contributed by atoms with Crippen molar-refractivity contribution in [1.29, 1.82) is 0 Å². The molecule has 1 aliphatic rings. The van der Waals surface area contributed by atoms with Gasteiger partial charge in [-0.25, -0.2) is 0 Å². The fraction of sp³-hybridized carbons (Fsp3) is 0.923. The van der Waals surface area contributed by atoms with Crippen molar-refractivity contribution in [3.05, 3.63) is 0 Å². The molecule has 0 aromatic carbocycles. The smallest absolute Gasteiger partial charge is 0.303 e. The van der Waals surface area contributed by atoms with Gasteiger partial charge < -0.3 is 15.2 Å². The zero-order valence-corrected chi connectivity index (χ0v) is 10.8. The maximum atomic E-state index is 10.4. The molecule has 1 rings (SSSR count). The summed E-state index contributed by atoms with van der Waals surface area (Å²) in [5.74, 6) is -0.725. The Labute approximate surface area is 104 Å². The molecule has 4 heteroatoms. The second-order valence-electron chi connectivity index (χ2n) is 4.92. The van der Waals surface area contributed by atoms with Crippen molar-refractivity contribution >= 4 is 5.97 Å². The van der Waals surface area contributed by atoms with E-state index in [1.165, 1.54) is 32.1 Å². The summed E-state index contributed by atoms with van der Waals surface area (Å²) in [6.07, 6.45) is 7.73. The minimum atomic E-state index is -0.725. The van der Waals surface area contributed by atoms with E-state index in [1.54, 1.807) is 0 Å². The van der Waals surface area contributed by atoms with Crippen LogP contribution < -0.4 is 5.32 Å². The van der Waals surface area contributed by atoms with Crippen LogP contribution >= 0.6 is 0 Å². The molecule has 1 fully saturated rings. The van der Waals surface area contributed by atoms with Gasteiger partial charge in [0, 0.05) is 19.0 Å². The summed E-state index contributed by atoms with van der Waals surface area (Å²) >= 11 is 0. The predicted octanol–water partition coefficient (Wildman–Crippen LogP) is 2.18. The number of carboxylic acid groups (broad SMARTS) is 1. The maximum absolute atomic E-state index is 10.4. The summed E-state index contributed by atoms with van der Waals surface area (Å²) in [5.41, 5.74) is 0. The summed E-state index contributed by atoms with van der Waals surface area (Å²) < 4.78 is 5.78. The van der Waals surface area contributed by atoms with E-state index in [0.29, 0.717) is 12.5 Å². The van der Waals surface area contributed by atoms with Crippen LogP contribution in [0.2, 0.25) is 0 Å². The van der Waals surface area contributed by atoms with Gasteiger partial charge in [-0.2, -0.15) is 0 Å². The number of ether oxygens (including phenoxy) is 1. The van der Waals surface area contributed by atoms with Gasteiger partial charge in [-0.3, -0.25) is 4.79 Å². The maximum Gasteiger partial charge on any atom is 0.303 e. The van der Waals surface area contributed by atoms with Gasteiger partial charge >= 0.3 is 5.97 Å². The Kier molecular flexibility index (Phi) is 7.21. The number of hydrogen-bond donors (Lipinski definition) is 2. The Hall–Kier alpha value is -0.610. The van der Waals surface area contributed by atoms with Crippen LogP contribution in [0.1, 0.15) is 51.9 Å². The summed E-state index contributed by atoms with van der Waals surface area (Å²) in [6.45, 7) is 3.57. The topological polar surface area (TPSA) is 58.6 Å². The molecule has 0 radical (unpaired) electrons. The van der Waals surface area contributed by atoms with Gasteiger partial charge in [-0.1, -0.05) is 19.3 Å².